The number of hydrogen-bond donors (Lipinski definition) is 2. The first kappa shape index (κ1) is 18.0. The van der Waals surface area contributed by atoms with Gasteiger partial charge in [-0.05, 0) is 25.5 Å². The molecule has 8 heteroatoms. The van der Waals surface area contributed by atoms with E-state index in [9.17, 15) is 4.79 Å². The van der Waals surface area contributed by atoms with Crippen LogP contribution in [0.4, 0.5) is 5.82 Å². The first-order valence-electron chi connectivity index (χ1n) is 8.37. The molecule has 2 atom stereocenters. The third-order valence-corrected chi connectivity index (χ3v) is 4.78. The van der Waals surface area contributed by atoms with Crippen LogP contribution in [0.3, 0.4) is 0 Å². The van der Waals surface area contributed by atoms with Gasteiger partial charge in [-0.15, -0.1) is 0 Å². The molecule has 0 spiro atoms. The topological polar surface area (TPSA) is 94.5 Å². The summed E-state index contributed by atoms with van der Waals surface area (Å²) in [7, 11) is 10.9. The van der Waals surface area contributed by atoms with Gasteiger partial charge in [0, 0.05) is 31.1 Å². The van der Waals surface area contributed by atoms with Crippen LogP contribution in [0, 0.1) is 5.92 Å². The van der Waals surface area contributed by atoms with E-state index >= 15 is 0 Å². The normalized spacial score (nSPS) is 20.7. The molecule has 2 heterocycles. The Labute approximate surface area is 153 Å². The number of aryl methyl sites for hydroxylation is 1. The number of carbonyl (C=O) groups excluding carboxylic acids is 1. The van der Waals surface area contributed by atoms with E-state index in [0.29, 0.717) is 11.7 Å². The number of allylic oxidation sites excluding steroid dienone is 1. The SMILES string of the molecule is [B][C@H]1C[C@H]1C(=O)Nc1cc2cc(C(C(C)=NC)=C(N)OC)n(C)c2cn1. The van der Waals surface area contributed by atoms with Crippen LogP contribution in [0.2, 0.25) is 5.82 Å². The summed E-state index contributed by atoms with van der Waals surface area (Å²) in [5, 5.41) is 3.76. The van der Waals surface area contributed by atoms with Crippen molar-refractivity contribution in [3.63, 3.8) is 0 Å². The summed E-state index contributed by atoms with van der Waals surface area (Å²) < 4.78 is 7.21. The Hall–Kier alpha value is -2.77. The van der Waals surface area contributed by atoms with Gasteiger partial charge in [0.05, 0.1) is 37.9 Å². The van der Waals surface area contributed by atoms with Gasteiger partial charge in [-0.1, -0.05) is 5.82 Å². The number of methoxy groups -OCH3 is 1. The second-order valence-electron chi connectivity index (χ2n) is 6.46. The Kier molecular flexibility index (Phi) is 4.76. The molecule has 2 aromatic rings. The maximum absolute atomic E-state index is 12.1. The number of nitrogens with one attached hydrogen (secondary N) is 1. The Morgan fingerprint density at radius 3 is 2.77 bits per heavy atom. The molecule has 3 N–H and O–H groups in total. The lowest BCUT2D eigenvalue weighted by atomic mass is 10.0. The largest absolute Gasteiger partial charge is 0.482 e. The van der Waals surface area contributed by atoms with Gasteiger partial charge in [0.15, 0.2) is 5.88 Å². The molecule has 0 saturated heterocycles. The predicted molar refractivity (Wildman–Crippen MR) is 104 cm³/mol. The van der Waals surface area contributed by atoms with E-state index in [2.05, 4.69) is 15.3 Å². The van der Waals surface area contributed by atoms with E-state index < -0.39 is 0 Å². The number of nitrogens with zero attached hydrogens (tertiary/aromatic N) is 3. The maximum atomic E-state index is 12.1. The molecule has 2 radical (unpaired) electrons. The van der Waals surface area contributed by atoms with Crippen LogP contribution in [0.1, 0.15) is 19.0 Å². The quantitative estimate of drug-likeness (QED) is 0.488. The van der Waals surface area contributed by atoms with Crippen molar-refractivity contribution in [2.24, 2.45) is 23.7 Å². The molecule has 1 aliphatic carbocycles. The van der Waals surface area contributed by atoms with Gasteiger partial charge in [-0.3, -0.25) is 9.79 Å². The highest BCUT2D eigenvalue weighted by atomic mass is 16.5. The minimum atomic E-state index is -0.113. The third-order valence-electron chi connectivity index (χ3n) is 4.78. The summed E-state index contributed by atoms with van der Waals surface area (Å²) in [5.74, 6) is 0.563. The number of nitrogens with two attached hydrogens (primary N) is 1. The Bertz CT molecular complexity index is 931. The van der Waals surface area contributed by atoms with Crippen molar-refractivity contribution in [3.05, 3.63) is 29.9 Å². The summed E-state index contributed by atoms with van der Waals surface area (Å²) in [6.07, 6.45) is 2.45. The average Bonchev–Trinajstić information content (AvgIpc) is 3.28. The molecule has 134 valence electrons. The zero-order valence-corrected chi connectivity index (χ0v) is 15.4. The number of carbonyl (C=O) groups is 1. The highest BCUT2D eigenvalue weighted by molar-refractivity contribution is 6.23. The number of aromatic nitrogens is 2. The number of pyridine rings is 1. The number of rotatable bonds is 5. The summed E-state index contributed by atoms with van der Waals surface area (Å²) >= 11 is 0. The fourth-order valence-electron chi connectivity index (χ4n) is 2.98. The molecule has 0 aliphatic heterocycles. The van der Waals surface area contributed by atoms with Crippen molar-refractivity contribution in [1.29, 1.82) is 0 Å². The van der Waals surface area contributed by atoms with Gasteiger partial charge in [0.25, 0.3) is 0 Å². The van der Waals surface area contributed by atoms with Crippen LogP contribution in [0.5, 0.6) is 0 Å². The van der Waals surface area contributed by atoms with Gasteiger partial charge in [0.2, 0.25) is 5.91 Å². The highest BCUT2D eigenvalue weighted by Crippen LogP contribution is 2.42. The van der Waals surface area contributed by atoms with Crippen LogP contribution in [0.15, 0.2) is 29.2 Å². The lowest BCUT2D eigenvalue weighted by molar-refractivity contribution is -0.117. The fourth-order valence-corrected chi connectivity index (χ4v) is 2.98. The number of amides is 1. The van der Waals surface area contributed by atoms with E-state index in [1.165, 1.54) is 7.11 Å². The molecular weight excluding hydrogens is 329 g/mol. The molecule has 0 aromatic carbocycles. The smallest absolute Gasteiger partial charge is 0.228 e. The van der Waals surface area contributed by atoms with E-state index in [-0.39, 0.29) is 17.6 Å². The van der Waals surface area contributed by atoms with E-state index in [1.807, 2.05) is 30.7 Å². The monoisotopic (exact) mass is 351 g/mol. The second-order valence-corrected chi connectivity index (χ2v) is 6.46. The summed E-state index contributed by atoms with van der Waals surface area (Å²) in [6.45, 7) is 1.88. The minimum absolute atomic E-state index is 0.0388. The standard InChI is InChI=1S/C18H22BN5O2/c1-9(21-2)16(17(20)26-4)13-5-10-6-15(22-8-14(10)24(13)3)23-18(25)11-7-12(11)19/h5-6,8,11-12H,7,20H2,1-4H3,(H,22,23,25)/t11-,12+/m1/s1. The van der Waals surface area contributed by atoms with Crippen molar-refractivity contribution < 1.29 is 9.53 Å². The van der Waals surface area contributed by atoms with Crippen LogP contribution >= 0.6 is 0 Å². The lowest BCUT2D eigenvalue weighted by Crippen LogP contribution is -2.15. The molecule has 0 unspecified atom stereocenters. The van der Waals surface area contributed by atoms with Gasteiger partial charge in [0.1, 0.15) is 5.82 Å². The second kappa shape index (κ2) is 6.86. The van der Waals surface area contributed by atoms with Gasteiger partial charge < -0.3 is 20.4 Å². The number of ether oxygens (including phenoxy) is 1. The van der Waals surface area contributed by atoms with Crippen molar-refractivity contribution in [3.8, 4) is 0 Å². The van der Waals surface area contributed by atoms with E-state index in [4.69, 9.17) is 18.3 Å². The molecule has 1 amide bonds. The Morgan fingerprint density at radius 2 is 2.19 bits per heavy atom. The van der Waals surface area contributed by atoms with Gasteiger partial charge in [-0.2, -0.15) is 0 Å². The average molecular weight is 351 g/mol. The first-order chi connectivity index (χ1) is 12.4. The highest BCUT2D eigenvalue weighted by Gasteiger charge is 2.38. The van der Waals surface area contributed by atoms with Crippen molar-refractivity contribution in [1.82, 2.24) is 9.55 Å². The van der Waals surface area contributed by atoms with Gasteiger partial charge in [-0.25, -0.2) is 4.98 Å². The Balaban J connectivity index is 2.01. The summed E-state index contributed by atoms with van der Waals surface area (Å²) in [4.78, 5) is 20.6. The molecule has 1 saturated carbocycles. The van der Waals surface area contributed by atoms with E-state index in [0.717, 1.165) is 34.3 Å². The molecule has 0 bridgehead atoms. The number of aliphatic imine (C=N–C) groups is 1. The molecular formula is C18H22BN5O2. The third kappa shape index (κ3) is 3.19. The molecule has 3 rings (SSSR count). The van der Waals surface area contributed by atoms with Crippen LogP contribution < -0.4 is 11.1 Å². The van der Waals surface area contributed by atoms with Crippen LogP contribution in [0.25, 0.3) is 16.5 Å². The maximum Gasteiger partial charge on any atom is 0.228 e. The van der Waals surface area contributed by atoms with Crippen LogP contribution in [-0.2, 0) is 16.6 Å². The van der Waals surface area contributed by atoms with Crippen molar-refractivity contribution in [2.75, 3.05) is 19.5 Å². The number of hydrogen-bond acceptors (Lipinski definition) is 5. The Morgan fingerprint density at radius 1 is 1.50 bits per heavy atom. The van der Waals surface area contributed by atoms with Crippen LogP contribution in [-0.4, -0.2) is 43.2 Å². The minimum Gasteiger partial charge on any atom is -0.482 e. The zero-order valence-electron chi connectivity index (χ0n) is 15.4. The van der Waals surface area contributed by atoms with E-state index in [1.54, 1.807) is 13.2 Å². The predicted octanol–water partition coefficient (Wildman–Crippen LogP) is 1.85. The summed E-state index contributed by atoms with van der Waals surface area (Å²) in [5.41, 5.74) is 9.30. The number of anilines is 1. The molecule has 1 aliphatic rings. The molecule has 7 nitrogen and oxygen atoms in total. The summed E-state index contributed by atoms with van der Waals surface area (Å²) in [6, 6.07) is 3.81. The fraction of sp³-hybridized carbons (Fsp3) is 0.389. The van der Waals surface area contributed by atoms with Crippen molar-refractivity contribution >= 4 is 41.8 Å². The molecule has 2 aromatic heterocycles. The molecule has 1 fully saturated rings. The van der Waals surface area contributed by atoms with Crippen molar-refractivity contribution in [2.45, 2.75) is 19.2 Å². The molecule has 26 heavy (non-hydrogen) atoms. The first-order valence-corrected chi connectivity index (χ1v) is 8.37. The lowest BCUT2D eigenvalue weighted by Gasteiger charge is -2.12. The number of fused-ring (bicyclic) bond motifs is 1. The van der Waals surface area contributed by atoms with Gasteiger partial charge >= 0.3 is 0 Å². The zero-order chi connectivity index (χ0) is 19.0.